The van der Waals surface area contributed by atoms with Crippen molar-refractivity contribution in [1.82, 2.24) is 0 Å². The van der Waals surface area contributed by atoms with Crippen LogP contribution >= 0.6 is 15.8 Å². The van der Waals surface area contributed by atoms with Crippen molar-refractivity contribution in [2.45, 2.75) is 0 Å². The number of hydrogen-bond donors (Lipinski definition) is 0. The fourth-order valence-corrected chi connectivity index (χ4v) is 8.91. The Morgan fingerprint density at radius 2 is 0.340 bits per heavy atom. The maximum absolute atomic E-state index is 13.2. The van der Waals surface area contributed by atoms with Crippen LogP contribution in [-0.4, -0.2) is 0 Å². The zero-order chi connectivity index (χ0) is 31.1. The SMILES string of the molecule is Fc1ccc(P(c2ccc(F)cc2)c2ccc(F)cc2)cc1.Fc1ccc(P(c2ccc(F)cc2)c2ccc(F)cc2)cc1.[Cl-].[Cl-].[Pd+2]. The standard InChI is InChI=1S/2C18H12F3P.2ClH.Pd/c2*19-13-1-7-16(8-2-13)22(17-9-3-14(20)4-10-17)18-11-5-15(21)6-12-18;;;/h2*1-12H;2*1H;/q;;;;+2/p-2. The Labute approximate surface area is 298 Å². The Hall–Kier alpha value is -3.00. The van der Waals surface area contributed by atoms with Crippen molar-refractivity contribution in [2.24, 2.45) is 0 Å². The quantitative estimate of drug-likeness (QED) is 0.137. The van der Waals surface area contributed by atoms with E-state index in [9.17, 15) is 26.3 Å². The van der Waals surface area contributed by atoms with Crippen LogP contribution in [-0.2, 0) is 20.4 Å². The molecule has 6 aromatic rings. The van der Waals surface area contributed by atoms with Crippen LogP contribution in [0.5, 0.6) is 0 Å². The van der Waals surface area contributed by atoms with Crippen molar-refractivity contribution >= 4 is 47.7 Å². The number of hydrogen-bond acceptors (Lipinski definition) is 0. The van der Waals surface area contributed by atoms with E-state index in [4.69, 9.17) is 0 Å². The molecule has 11 heteroatoms. The van der Waals surface area contributed by atoms with Gasteiger partial charge in [-0.2, -0.15) is 0 Å². The minimum absolute atomic E-state index is 0. The molecule has 6 aromatic carbocycles. The summed E-state index contributed by atoms with van der Waals surface area (Å²) in [5.41, 5.74) is 0. The molecule has 0 atom stereocenters. The van der Waals surface area contributed by atoms with Crippen LogP contribution in [0.4, 0.5) is 26.3 Å². The molecule has 0 radical (unpaired) electrons. The molecule has 0 aromatic heterocycles. The molecule has 0 heterocycles. The summed E-state index contributed by atoms with van der Waals surface area (Å²) in [5.74, 6) is -1.85. The predicted molar refractivity (Wildman–Crippen MR) is 170 cm³/mol. The van der Waals surface area contributed by atoms with Gasteiger partial charge in [0.15, 0.2) is 0 Å². The Morgan fingerprint density at radius 3 is 0.447 bits per heavy atom. The molecule has 0 amide bonds. The third-order valence-corrected chi connectivity index (χ3v) is 11.4. The molecule has 0 aliphatic heterocycles. The largest absolute Gasteiger partial charge is 2.00 e. The van der Waals surface area contributed by atoms with Gasteiger partial charge in [-0.05, 0) is 120 Å². The molecular formula is C36H24Cl2F6P2Pd. The van der Waals surface area contributed by atoms with E-state index in [-0.39, 0.29) is 80.1 Å². The average Bonchev–Trinajstić information content (AvgIpc) is 3.03. The second-order valence-corrected chi connectivity index (χ2v) is 14.0. The molecule has 47 heavy (non-hydrogen) atoms. The van der Waals surface area contributed by atoms with Crippen LogP contribution < -0.4 is 56.6 Å². The van der Waals surface area contributed by atoms with Gasteiger partial charge in [-0.15, -0.1) is 0 Å². The molecule has 0 aliphatic carbocycles. The second-order valence-electron chi connectivity index (χ2n) is 9.53. The van der Waals surface area contributed by atoms with Gasteiger partial charge in [0.05, 0.1) is 0 Å². The fraction of sp³-hybridized carbons (Fsp3) is 0. The number of rotatable bonds is 6. The first-order valence-corrected chi connectivity index (χ1v) is 16.1. The van der Waals surface area contributed by atoms with Crippen molar-refractivity contribution in [3.05, 3.63) is 180 Å². The van der Waals surface area contributed by atoms with Crippen molar-refractivity contribution in [1.29, 1.82) is 0 Å². The topological polar surface area (TPSA) is 0 Å². The Balaban J connectivity index is 0.000000307. The van der Waals surface area contributed by atoms with Gasteiger partial charge in [-0.1, -0.05) is 72.8 Å². The molecular weight excluding hydrogens is 786 g/mol. The van der Waals surface area contributed by atoms with Crippen LogP contribution in [0.25, 0.3) is 0 Å². The van der Waals surface area contributed by atoms with E-state index in [1.165, 1.54) is 72.8 Å². The van der Waals surface area contributed by atoms with E-state index >= 15 is 0 Å². The van der Waals surface area contributed by atoms with Crippen molar-refractivity contribution < 1.29 is 71.6 Å². The van der Waals surface area contributed by atoms with Gasteiger partial charge in [-0.3, -0.25) is 0 Å². The molecule has 0 aliphatic rings. The predicted octanol–water partition coefficient (Wildman–Crippen LogP) is 1.73. The summed E-state index contributed by atoms with van der Waals surface area (Å²) >= 11 is 0. The smallest absolute Gasteiger partial charge is 1.00 e. The van der Waals surface area contributed by atoms with Gasteiger partial charge < -0.3 is 24.8 Å². The first-order valence-electron chi connectivity index (χ1n) is 13.4. The third kappa shape index (κ3) is 11.0. The summed E-state index contributed by atoms with van der Waals surface area (Å²) in [6.07, 6.45) is 0. The van der Waals surface area contributed by atoms with Crippen LogP contribution in [0.1, 0.15) is 0 Å². The number of halogens is 8. The van der Waals surface area contributed by atoms with E-state index in [2.05, 4.69) is 0 Å². The summed E-state index contributed by atoms with van der Waals surface area (Å²) < 4.78 is 79.0. The Morgan fingerprint density at radius 1 is 0.234 bits per heavy atom. The molecule has 6 rings (SSSR count). The molecule has 0 spiro atoms. The first kappa shape index (κ1) is 40.2. The summed E-state index contributed by atoms with van der Waals surface area (Å²) in [4.78, 5) is 0. The Kier molecular flexibility index (Phi) is 16.3. The van der Waals surface area contributed by atoms with E-state index in [0.29, 0.717) is 0 Å². The monoisotopic (exact) mass is 808 g/mol. The van der Waals surface area contributed by atoms with Crippen molar-refractivity contribution in [3.8, 4) is 0 Å². The fourth-order valence-electron chi connectivity index (χ4n) is 4.44. The van der Waals surface area contributed by atoms with Crippen LogP contribution in [0, 0.1) is 34.9 Å². The van der Waals surface area contributed by atoms with Gasteiger partial charge >= 0.3 is 20.4 Å². The summed E-state index contributed by atoms with van der Waals surface area (Å²) in [6, 6.07) is 37.4. The van der Waals surface area contributed by atoms with Crippen LogP contribution in [0.3, 0.4) is 0 Å². The molecule has 0 unspecified atom stereocenters. The third-order valence-electron chi connectivity index (χ3n) is 6.51. The van der Waals surface area contributed by atoms with Crippen LogP contribution in [0.15, 0.2) is 146 Å². The molecule has 0 saturated carbocycles. The Bertz CT molecular complexity index is 1440. The molecule has 0 nitrogen and oxygen atoms in total. The van der Waals surface area contributed by atoms with E-state index in [1.807, 2.05) is 0 Å². The van der Waals surface area contributed by atoms with E-state index in [0.717, 1.165) is 31.8 Å². The van der Waals surface area contributed by atoms with Gasteiger partial charge in [0.25, 0.3) is 0 Å². The van der Waals surface area contributed by atoms with Gasteiger partial charge in [0.1, 0.15) is 34.9 Å². The second kappa shape index (κ2) is 19.1. The van der Waals surface area contributed by atoms with Crippen LogP contribution in [0.2, 0.25) is 0 Å². The normalized spacial score (nSPS) is 10.2. The maximum atomic E-state index is 13.2. The average molecular weight is 810 g/mol. The van der Waals surface area contributed by atoms with E-state index < -0.39 is 15.8 Å². The summed E-state index contributed by atoms with van der Waals surface area (Å²) in [5, 5.41) is 5.55. The van der Waals surface area contributed by atoms with E-state index in [1.54, 1.807) is 72.8 Å². The zero-order valence-electron chi connectivity index (χ0n) is 24.1. The molecule has 0 fully saturated rings. The molecule has 0 N–H and O–H groups in total. The molecule has 0 bridgehead atoms. The van der Waals surface area contributed by atoms with Gasteiger partial charge in [0.2, 0.25) is 0 Å². The maximum Gasteiger partial charge on any atom is 2.00 e. The molecule has 0 saturated heterocycles. The zero-order valence-corrected chi connectivity index (χ0v) is 28.9. The number of benzene rings is 6. The van der Waals surface area contributed by atoms with Gasteiger partial charge in [0, 0.05) is 0 Å². The summed E-state index contributed by atoms with van der Waals surface area (Å²) in [7, 11) is -1.97. The van der Waals surface area contributed by atoms with Crippen molar-refractivity contribution in [3.63, 3.8) is 0 Å². The molecule has 244 valence electrons. The van der Waals surface area contributed by atoms with Crippen molar-refractivity contribution in [2.75, 3.05) is 0 Å². The summed E-state index contributed by atoms with van der Waals surface area (Å²) in [6.45, 7) is 0. The van der Waals surface area contributed by atoms with Gasteiger partial charge in [-0.25, -0.2) is 26.3 Å². The first-order chi connectivity index (χ1) is 21.3. The minimum atomic E-state index is -0.983. The minimum Gasteiger partial charge on any atom is -1.00 e.